The number of methoxy groups -OCH3 is 1. The van der Waals surface area contributed by atoms with Gasteiger partial charge in [-0.15, -0.1) is 24.0 Å². The van der Waals surface area contributed by atoms with Crippen molar-refractivity contribution in [3.8, 4) is 5.75 Å². The number of halogens is 2. The van der Waals surface area contributed by atoms with Gasteiger partial charge in [-0.25, -0.2) is 9.38 Å². The Morgan fingerprint density at radius 2 is 2.04 bits per heavy atom. The van der Waals surface area contributed by atoms with Crippen LogP contribution in [0.5, 0.6) is 5.75 Å². The summed E-state index contributed by atoms with van der Waals surface area (Å²) in [6.07, 6.45) is 3.14. The monoisotopic (exact) mass is 467 g/mol. The number of ether oxygens (including phenoxy) is 2. The van der Waals surface area contributed by atoms with Crippen LogP contribution in [-0.2, 0) is 4.74 Å². The average molecular weight is 467 g/mol. The molecule has 144 valence electrons. The van der Waals surface area contributed by atoms with E-state index >= 15 is 0 Å². The van der Waals surface area contributed by atoms with Crippen LogP contribution in [0.15, 0.2) is 29.3 Å². The molecule has 0 saturated carbocycles. The number of unbranched alkanes of at least 4 members (excludes halogenated alkanes) is 2. The standard InChI is InChI=1S/C18H30FN3O2.HI/c1-4-20-18(21-11-6-5-7-12-23-3)22-14-15(2)24-17-10-8-9-16(19)13-17;/h8-10,13,15H,4-7,11-12,14H2,1-3H3,(H2,20,21,22);1H. The van der Waals surface area contributed by atoms with Crippen molar-refractivity contribution >= 4 is 29.9 Å². The van der Waals surface area contributed by atoms with Gasteiger partial charge in [-0.3, -0.25) is 0 Å². The smallest absolute Gasteiger partial charge is 0.191 e. The van der Waals surface area contributed by atoms with Crippen LogP contribution >= 0.6 is 24.0 Å². The Balaban J connectivity index is 0.00000576. The molecular formula is C18H31FIN3O2. The SMILES string of the molecule is CCNC(=NCC(C)Oc1cccc(F)c1)NCCCCCOC.I. The number of nitrogens with zero attached hydrogens (tertiary/aromatic N) is 1. The molecule has 1 atom stereocenters. The lowest BCUT2D eigenvalue weighted by Gasteiger charge is -2.15. The van der Waals surface area contributed by atoms with Crippen molar-refractivity contribution in [2.24, 2.45) is 4.99 Å². The first-order valence-electron chi connectivity index (χ1n) is 8.59. The first-order chi connectivity index (χ1) is 11.7. The fourth-order valence-electron chi connectivity index (χ4n) is 2.13. The van der Waals surface area contributed by atoms with Gasteiger partial charge in [0.1, 0.15) is 17.7 Å². The summed E-state index contributed by atoms with van der Waals surface area (Å²) in [6, 6.07) is 6.15. The highest BCUT2D eigenvalue weighted by atomic mass is 127. The predicted octanol–water partition coefficient (Wildman–Crippen LogP) is 3.58. The van der Waals surface area contributed by atoms with Crippen molar-refractivity contribution in [1.29, 1.82) is 0 Å². The van der Waals surface area contributed by atoms with Gasteiger partial charge in [0.15, 0.2) is 5.96 Å². The molecule has 0 radical (unpaired) electrons. The Morgan fingerprint density at radius 1 is 1.24 bits per heavy atom. The minimum absolute atomic E-state index is 0. The Hall–Kier alpha value is -1.09. The highest BCUT2D eigenvalue weighted by Crippen LogP contribution is 2.13. The summed E-state index contributed by atoms with van der Waals surface area (Å²) in [7, 11) is 1.72. The predicted molar refractivity (Wildman–Crippen MR) is 112 cm³/mol. The van der Waals surface area contributed by atoms with Gasteiger partial charge < -0.3 is 20.1 Å². The van der Waals surface area contributed by atoms with Crippen LogP contribution in [-0.4, -0.2) is 45.4 Å². The van der Waals surface area contributed by atoms with Crippen LogP contribution in [0, 0.1) is 5.82 Å². The van der Waals surface area contributed by atoms with Crippen LogP contribution < -0.4 is 15.4 Å². The number of benzene rings is 1. The Morgan fingerprint density at radius 3 is 2.72 bits per heavy atom. The molecule has 1 aromatic rings. The molecular weight excluding hydrogens is 436 g/mol. The first kappa shape index (κ1) is 23.9. The van der Waals surface area contributed by atoms with Gasteiger partial charge in [-0.1, -0.05) is 6.07 Å². The fourth-order valence-corrected chi connectivity index (χ4v) is 2.13. The van der Waals surface area contributed by atoms with E-state index in [0.29, 0.717) is 12.3 Å². The van der Waals surface area contributed by atoms with E-state index in [-0.39, 0.29) is 35.9 Å². The molecule has 2 N–H and O–H groups in total. The van der Waals surface area contributed by atoms with Crippen LogP contribution in [0.4, 0.5) is 4.39 Å². The molecule has 0 aromatic heterocycles. The van der Waals surface area contributed by atoms with Gasteiger partial charge in [0, 0.05) is 32.9 Å². The highest BCUT2D eigenvalue weighted by molar-refractivity contribution is 14.0. The lowest BCUT2D eigenvalue weighted by atomic mass is 10.2. The maximum Gasteiger partial charge on any atom is 0.191 e. The lowest BCUT2D eigenvalue weighted by Crippen LogP contribution is -2.38. The van der Waals surface area contributed by atoms with E-state index < -0.39 is 0 Å². The number of nitrogens with one attached hydrogen (secondary N) is 2. The van der Waals surface area contributed by atoms with Crippen molar-refractivity contribution in [1.82, 2.24) is 10.6 Å². The largest absolute Gasteiger partial charge is 0.489 e. The maximum atomic E-state index is 13.1. The fraction of sp³-hybridized carbons (Fsp3) is 0.611. The molecule has 7 heteroatoms. The van der Waals surface area contributed by atoms with Gasteiger partial charge >= 0.3 is 0 Å². The van der Waals surface area contributed by atoms with Crippen LogP contribution in [0.3, 0.4) is 0 Å². The Labute approximate surface area is 167 Å². The zero-order valence-electron chi connectivity index (χ0n) is 15.4. The van der Waals surface area contributed by atoms with Gasteiger partial charge in [-0.05, 0) is 45.2 Å². The summed E-state index contributed by atoms with van der Waals surface area (Å²) in [6.45, 7) is 6.92. The molecule has 1 unspecified atom stereocenters. The lowest BCUT2D eigenvalue weighted by molar-refractivity contribution is 0.192. The summed E-state index contributed by atoms with van der Waals surface area (Å²) in [5, 5.41) is 6.52. The third-order valence-electron chi connectivity index (χ3n) is 3.30. The molecule has 0 saturated heterocycles. The minimum Gasteiger partial charge on any atom is -0.489 e. The third kappa shape index (κ3) is 12.0. The molecule has 5 nitrogen and oxygen atoms in total. The van der Waals surface area contributed by atoms with E-state index in [2.05, 4.69) is 15.6 Å². The first-order valence-corrected chi connectivity index (χ1v) is 8.59. The number of guanidine groups is 1. The van der Waals surface area contributed by atoms with E-state index in [4.69, 9.17) is 9.47 Å². The highest BCUT2D eigenvalue weighted by Gasteiger charge is 2.05. The van der Waals surface area contributed by atoms with Gasteiger partial charge in [0.2, 0.25) is 0 Å². The summed E-state index contributed by atoms with van der Waals surface area (Å²) < 4.78 is 23.9. The maximum absolute atomic E-state index is 13.1. The van der Waals surface area contributed by atoms with Crippen LogP contribution in [0.2, 0.25) is 0 Å². The van der Waals surface area contributed by atoms with Crippen LogP contribution in [0.1, 0.15) is 33.1 Å². The average Bonchev–Trinajstić information content (AvgIpc) is 2.55. The van der Waals surface area contributed by atoms with E-state index in [1.807, 2.05) is 13.8 Å². The normalized spacial score (nSPS) is 12.2. The van der Waals surface area contributed by atoms with Crippen molar-refractivity contribution < 1.29 is 13.9 Å². The van der Waals surface area contributed by atoms with Crippen LogP contribution in [0.25, 0.3) is 0 Å². The van der Waals surface area contributed by atoms with Gasteiger partial charge in [0.25, 0.3) is 0 Å². The molecule has 0 aliphatic heterocycles. The summed E-state index contributed by atoms with van der Waals surface area (Å²) in [4.78, 5) is 4.52. The summed E-state index contributed by atoms with van der Waals surface area (Å²) in [5.41, 5.74) is 0. The van der Waals surface area contributed by atoms with Crippen molar-refractivity contribution in [2.45, 2.75) is 39.2 Å². The number of aliphatic imine (C=N–C) groups is 1. The molecule has 1 aromatic carbocycles. The number of hydrogen-bond donors (Lipinski definition) is 2. The summed E-state index contributed by atoms with van der Waals surface area (Å²) in [5.74, 6) is 0.999. The Bertz CT molecular complexity index is 489. The second kappa shape index (κ2) is 15.2. The molecule has 0 aliphatic rings. The van der Waals surface area contributed by atoms with Gasteiger partial charge in [0.05, 0.1) is 6.54 Å². The van der Waals surface area contributed by atoms with E-state index in [0.717, 1.165) is 44.9 Å². The zero-order valence-corrected chi connectivity index (χ0v) is 17.7. The number of rotatable bonds is 11. The molecule has 0 fully saturated rings. The minimum atomic E-state index is -0.299. The topological polar surface area (TPSA) is 54.9 Å². The van der Waals surface area contributed by atoms with E-state index in [1.54, 1.807) is 19.2 Å². The molecule has 25 heavy (non-hydrogen) atoms. The van der Waals surface area contributed by atoms with Gasteiger partial charge in [-0.2, -0.15) is 0 Å². The summed E-state index contributed by atoms with van der Waals surface area (Å²) >= 11 is 0. The van der Waals surface area contributed by atoms with Crippen molar-refractivity contribution in [2.75, 3.05) is 33.4 Å². The quantitative estimate of drug-likeness (QED) is 0.226. The molecule has 0 bridgehead atoms. The molecule has 0 amide bonds. The zero-order chi connectivity index (χ0) is 17.6. The molecule has 0 heterocycles. The second-order valence-corrected chi connectivity index (χ2v) is 5.59. The van der Waals surface area contributed by atoms with E-state index in [1.165, 1.54) is 12.1 Å². The third-order valence-corrected chi connectivity index (χ3v) is 3.30. The second-order valence-electron chi connectivity index (χ2n) is 5.59. The Kier molecular flexibility index (Phi) is 14.5. The van der Waals surface area contributed by atoms with E-state index in [9.17, 15) is 4.39 Å². The molecule has 1 rings (SSSR count). The molecule has 0 aliphatic carbocycles. The van der Waals surface area contributed by atoms with Crippen molar-refractivity contribution in [3.05, 3.63) is 30.1 Å². The number of hydrogen-bond acceptors (Lipinski definition) is 3. The van der Waals surface area contributed by atoms with Crippen molar-refractivity contribution in [3.63, 3.8) is 0 Å². The molecule has 0 spiro atoms.